The Morgan fingerprint density at radius 2 is 1.79 bits per heavy atom. The molecule has 0 aliphatic heterocycles. The zero-order valence-electron chi connectivity index (χ0n) is 19.2. The number of hydrogen-bond donors (Lipinski definition) is 0. The molecule has 0 radical (unpaired) electrons. The molecular weight excluding hydrogens is 384 g/mol. The fourth-order valence-electron chi connectivity index (χ4n) is 8.55. The van der Waals surface area contributed by atoms with Crippen molar-refractivity contribution in [3.8, 4) is 0 Å². The van der Waals surface area contributed by atoms with Crippen LogP contribution in [0.2, 0.25) is 0 Å². The van der Waals surface area contributed by atoms with Crippen LogP contribution < -0.4 is 0 Å². The van der Waals surface area contributed by atoms with Crippen molar-refractivity contribution < 1.29 is 17.4 Å². The van der Waals surface area contributed by atoms with Crippen LogP contribution in [0.3, 0.4) is 0 Å². The molecule has 5 heteroatoms. The van der Waals surface area contributed by atoms with Crippen molar-refractivity contribution >= 4 is 15.9 Å². The van der Waals surface area contributed by atoms with Gasteiger partial charge in [-0.15, -0.1) is 0 Å². The molecule has 4 aliphatic carbocycles. The summed E-state index contributed by atoms with van der Waals surface area (Å²) in [4.78, 5) is 13.5. The van der Waals surface area contributed by atoms with E-state index in [1.165, 1.54) is 19.1 Å². The predicted molar refractivity (Wildman–Crippen MR) is 115 cm³/mol. The monoisotopic (exact) mass is 424 g/mol. The molecule has 0 aromatic rings. The van der Waals surface area contributed by atoms with E-state index >= 15 is 0 Å². The van der Waals surface area contributed by atoms with E-state index in [1.807, 2.05) is 0 Å². The summed E-state index contributed by atoms with van der Waals surface area (Å²) >= 11 is 0. The number of hydrogen-bond acceptors (Lipinski definition) is 4. The minimum atomic E-state index is -3.51. The molecule has 4 fully saturated rings. The SMILES string of the molecule is CC(C)[C@@H]1CC[C@](C)(C[C@H]2CC(=O)[C@@]34CC[C@@H](C)[C@@H]3CC[C@@]24C)[C@H]1OS(C)(=O)=O. The molecule has 0 amide bonds. The molecule has 0 N–H and O–H groups in total. The molecule has 1 spiro atoms. The number of carbonyl (C=O) groups excluding carboxylic acids is 1. The van der Waals surface area contributed by atoms with Gasteiger partial charge in [-0.05, 0) is 85.4 Å². The van der Waals surface area contributed by atoms with Gasteiger partial charge in [0.15, 0.2) is 0 Å². The van der Waals surface area contributed by atoms with E-state index in [0.29, 0.717) is 35.9 Å². The van der Waals surface area contributed by atoms with Crippen LogP contribution in [0, 0.1) is 45.8 Å². The van der Waals surface area contributed by atoms with Crippen molar-refractivity contribution in [2.24, 2.45) is 45.8 Å². The van der Waals surface area contributed by atoms with E-state index in [1.54, 1.807) is 0 Å². The third-order valence-electron chi connectivity index (χ3n) is 10.1. The summed E-state index contributed by atoms with van der Waals surface area (Å²) in [5, 5.41) is 0. The quantitative estimate of drug-likeness (QED) is 0.568. The highest BCUT2D eigenvalue weighted by molar-refractivity contribution is 7.86. The first-order valence-electron chi connectivity index (χ1n) is 11.8. The van der Waals surface area contributed by atoms with Gasteiger partial charge in [-0.25, -0.2) is 0 Å². The van der Waals surface area contributed by atoms with E-state index in [2.05, 4.69) is 34.6 Å². The van der Waals surface area contributed by atoms with Crippen LogP contribution in [-0.4, -0.2) is 26.6 Å². The molecule has 0 aromatic carbocycles. The minimum absolute atomic E-state index is 0.0775. The predicted octanol–water partition coefficient (Wildman–Crippen LogP) is 5.22. The van der Waals surface area contributed by atoms with Crippen molar-refractivity contribution in [2.45, 2.75) is 92.1 Å². The summed E-state index contributed by atoms with van der Waals surface area (Å²) in [6.45, 7) is 11.3. The zero-order valence-corrected chi connectivity index (χ0v) is 20.0. The van der Waals surface area contributed by atoms with Crippen molar-refractivity contribution in [2.75, 3.05) is 6.26 Å². The van der Waals surface area contributed by atoms with Gasteiger partial charge in [0.25, 0.3) is 10.1 Å². The van der Waals surface area contributed by atoms with Gasteiger partial charge >= 0.3 is 0 Å². The van der Waals surface area contributed by atoms with Crippen LogP contribution in [-0.2, 0) is 19.1 Å². The first kappa shape index (κ1) is 21.8. The van der Waals surface area contributed by atoms with E-state index in [9.17, 15) is 13.2 Å². The molecule has 29 heavy (non-hydrogen) atoms. The maximum absolute atomic E-state index is 13.5. The Morgan fingerprint density at radius 3 is 2.41 bits per heavy atom. The summed E-state index contributed by atoms with van der Waals surface area (Å²) in [5.41, 5.74) is -0.204. The van der Waals surface area contributed by atoms with E-state index < -0.39 is 10.1 Å². The van der Waals surface area contributed by atoms with E-state index in [0.717, 1.165) is 32.1 Å². The molecule has 8 atom stereocenters. The van der Waals surface area contributed by atoms with Gasteiger partial charge in [0.2, 0.25) is 0 Å². The van der Waals surface area contributed by atoms with Crippen molar-refractivity contribution in [3.63, 3.8) is 0 Å². The average molecular weight is 425 g/mol. The van der Waals surface area contributed by atoms with Gasteiger partial charge in [-0.1, -0.05) is 34.6 Å². The summed E-state index contributed by atoms with van der Waals surface area (Å²) in [6, 6.07) is 0. The van der Waals surface area contributed by atoms with Crippen molar-refractivity contribution in [3.05, 3.63) is 0 Å². The smallest absolute Gasteiger partial charge is 0.264 e. The lowest BCUT2D eigenvalue weighted by atomic mass is 9.60. The van der Waals surface area contributed by atoms with Gasteiger partial charge in [0, 0.05) is 11.8 Å². The molecule has 0 aromatic heterocycles. The van der Waals surface area contributed by atoms with Crippen LogP contribution in [0.15, 0.2) is 0 Å². The lowest BCUT2D eigenvalue weighted by Crippen LogP contribution is -2.43. The molecule has 0 heterocycles. The fraction of sp³-hybridized carbons (Fsp3) is 0.958. The minimum Gasteiger partial charge on any atom is -0.299 e. The van der Waals surface area contributed by atoms with E-state index in [4.69, 9.17) is 4.18 Å². The topological polar surface area (TPSA) is 60.4 Å². The average Bonchev–Trinajstić information content (AvgIpc) is 3.24. The number of carbonyl (C=O) groups is 1. The van der Waals surface area contributed by atoms with Gasteiger partial charge in [0.1, 0.15) is 5.78 Å². The summed E-state index contributed by atoms with van der Waals surface area (Å²) in [5.74, 6) is 2.74. The first-order valence-corrected chi connectivity index (χ1v) is 13.6. The second-order valence-corrected chi connectivity index (χ2v) is 13.5. The Morgan fingerprint density at radius 1 is 1.10 bits per heavy atom. The third-order valence-corrected chi connectivity index (χ3v) is 10.7. The van der Waals surface area contributed by atoms with Gasteiger partial charge < -0.3 is 0 Å². The van der Waals surface area contributed by atoms with Gasteiger partial charge in [-0.2, -0.15) is 8.42 Å². The molecule has 0 unspecified atom stereocenters. The second-order valence-electron chi connectivity index (χ2n) is 11.9. The molecule has 4 saturated carbocycles. The fourth-order valence-corrected chi connectivity index (χ4v) is 9.31. The lowest BCUT2D eigenvalue weighted by Gasteiger charge is -2.44. The zero-order chi connectivity index (χ0) is 21.4. The molecule has 0 saturated heterocycles. The first-order chi connectivity index (χ1) is 13.3. The van der Waals surface area contributed by atoms with Crippen molar-refractivity contribution in [1.29, 1.82) is 0 Å². The maximum atomic E-state index is 13.5. The lowest BCUT2D eigenvalue weighted by molar-refractivity contribution is -0.130. The highest BCUT2D eigenvalue weighted by Gasteiger charge is 2.71. The summed E-state index contributed by atoms with van der Waals surface area (Å²) < 4.78 is 29.9. The molecule has 0 bridgehead atoms. The van der Waals surface area contributed by atoms with Crippen LogP contribution in [0.5, 0.6) is 0 Å². The van der Waals surface area contributed by atoms with Crippen LogP contribution in [0.1, 0.15) is 86.0 Å². The Balaban J connectivity index is 1.64. The number of Topliss-reactive ketones (excluding diaryl/α,β-unsaturated/α-hetero) is 1. The van der Waals surface area contributed by atoms with Gasteiger partial charge in [-0.3, -0.25) is 8.98 Å². The Hall–Kier alpha value is -0.420. The Bertz CT molecular complexity index is 789. The Labute approximate surface area is 177 Å². The number of rotatable bonds is 5. The molecule has 4 rings (SSSR count). The normalized spacial score (nSPS) is 49.8. The van der Waals surface area contributed by atoms with Crippen LogP contribution >= 0.6 is 0 Å². The third kappa shape index (κ3) is 3.08. The largest absolute Gasteiger partial charge is 0.299 e. The highest BCUT2D eigenvalue weighted by atomic mass is 32.2. The molecule has 4 aliphatic rings. The highest BCUT2D eigenvalue weighted by Crippen LogP contribution is 2.74. The second kappa shape index (κ2) is 6.79. The summed E-state index contributed by atoms with van der Waals surface area (Å²) in [6.07, 6.45) is 9.11. The van der Waals surface area contributed by atoms with E-state index in [-0.39, 0.29) is 28.3 Å². The van der Waals surface area contributed by atoms with Crippen LogP contribution in [0.25, 0.3) is 0 Å². The number of ketones is 1. The van der Waals surface area contributed by atoms with Gasteiger partial charge in [0.05, 0.1) is 12.4 Å². The Kier molecular flexibility index (Phi) is 5.10. The maximum Gasteiger partial charge on any atom is 0.264 e. The standard InChI is InChI=1S/C24H40O4S/c1-15(2)18-8-10-22(4,21(18)28-29(6,26)27)14-17-13-20(25)24-12-7-16(3)19(24)9-11-23(17,24)5/h15-19,21H,7-14H2,1-6H3/t16-,17-,18+,19+,21+,22-,23+,24-/m1/s1. The van der Waals surface area contributed by atoms with Crippen LogP contribution in [0.4, 0.5) is 0 Å². The van der Waals surface area contributed by atoms with Crippen molar-refractivity contribution in [1.82, 2.24) is 0 Å². The molecular formula is C24H40O4S. The summed E-state index contributed by atoms with van der Waals surface area (Å²) in [7, 11) is -3.51. The molecule has 4 nitrogen and oxygen atoms in total. The molecule has 166 valence electrons.